The number of sulfonamides is 1. The summed E-state index contributed by atoms with van der Waals surface area (Å²) in [4.78, 5) is 2.47. The van der Waals surface area contributed by atoms with Crippen LogP contribution in [0.15, 0.2) is 47.6 Å². The first-order valence-electron chi connectivity index (χ1n) is 8.05. The Hall–Kier alpha value is -1.90. The van der Waals surface area contributed by atoms with Crippen LogP contribution in [0.1, 0.15) is 6.42 Å². The number of aryl methyl sites for hydroxylation is 1. The molecule has 0 amide bonds. The fraction of sp³-hybridized carbons (Fsp3) is 0.438. The molecule has 8 heteroatoms. The maximum Gasteiger partial charge on any atom is 0.243 e. The lowest BCUT2D eigenvalue weighted by Crippen LogP contribution is -2.35. The van der Waals surface area contributed by atoms with Crippen LogP contribution in [0.4, 0.5) is 5.69 Å². The zero-order valence-corrected chi connectivity index (χ0v) is 14.5. The van der Waals surface area contributed by atoms with Crippen LogP contribution < -0.4 is 10.0 Å². The third-order valence-corrected chi connectivity index (χ3v) is 5.54. The fourth-order valence-electron chi connectivity index (χ4n) is 2.88. The maximum absolute atomic E-state index is 12.1. The number of nitrogens with zero attached hydrogens (tertiary/aromatic N) is 3. The van der Waals surface area contributed by atoms with E-state index in [1.165, 1.54) is 17.1 Å². The first-order valence-corrected chi connectivity index (χ1v) is 9.53. The summed E-state index contributed by atoms with van der Waals surface area (Å²) in [7, 11) is -1.77. The van der Waals surface area contributed by atoms with Crippen LogP contribution in [0.3, 0.4) is 0 Å². The Morgan fingerprint density at radius 2 is 2.08 bits per heavy atom. The molecular formula is C16H23N5O2S. The monoisotopic (exact) mass is 349 g/mol. The molecule has 0 aliphatic carbocycles. The highest BCUT2D eigenvalue weighted by molar-refractivity contribution is 7.89. The first-order chi connectivity index (χ1) is 11.5. The van der Waals surface area contributed by atoms with E-state index >= 15 is 0 Å². The number of para-hydroxylation sites is 1. The molecule has 24 heavy (non-hydrogen) atoms. The van der Waals surface area contributed by atoms with Crippen molar-refractivity contribution in [3.05, 3.63) is 42.7 Å². The van der Waals surface area contributed by atoms with Gasteiger partial charge in [0.25, 0.3) is 0 Å². The molecule has 7 nitrogen and oxygen atoms in total. The number of hydrogen-bond donors (Lipinski definition) is 2. The number of hydrogen-bond acceptors (Lipinski definition) is 5. The molecule has 0 radical (unpaired) electrons. The van der Waals surface area contributed by atoms with E-state index < -0.39 is 10.0 Å². The number of aromatic nitrogens is 2. The Labute approximate surface area is 142 Å². The van der Waals surface area contributed by atoms with Crippen molar-refractivity contribution in [1.82, 2.24) is 19.4 Å². The molecule has 0 spiro atoms. The molecule has 130 valence electrons. The standard InChI is InChI=1S/C16H23N5O2S/c1-20-13-16(11-17-20)24(22,23)18-8-10-21-9-7-15(12-21)19-14-5-3-2-4-6-14/h2-6,11,13,15,18-19H,7-10,12H2,1H3. The molecule has 2 heterocycles. The summed E-state index contributed by atoms with van der Waals surface area (Å²) in [6, 6.07) is 10.6. The van der Waals surface area contributed by atoms with E-state index in [9.17, 15) is 8.42 Å². The van der Waals surface area contributed by atoms with Crippen LogP contribution in [0.2, 0.25) is 0 Å². The van der Waals surface area contributed by atoms with Crippen molar-refractivity contribution in [3.63, 3.8) is 0 Å². The van der Waals surface area contributed by atoms with Gasteiger partial charge in [0.2, 0.25) is 10.0 Å². The highest BCUT2D eigenvalue weighted by Gasteiger charge is 2.22. The van der Waals surface area contributed by atoms with Gasteiger partial charge in [0.1, 0.15) is 4.90 Å². The third kappa shape index (κ3) is 4.34. The van der Waals surface area contributed by atoms with Crippen LogP contribution in [0, 0.1) is 0 Å². The van der Waals surface area contributed by atoms with Crippen molar-refractivity contribution < 1.29 is 8.42 Å². The van der Waals surface area contributed by atoms with E-state index in [-0.39, 0.29) is 4.90 Å². The number of rotatable bonds is 7. The highest BCUT2D eigenvalue weighted by atomic mass is 32.2. The molecule has 1 aliphatic rings. The minimum Gasteiger partial charge on any atom is -0.381 e. The summed E-state index contributed by atoms with van der Waals surface area (Å²) in [6.45, 7) is 2.99. The van der Waals surface area contributed by atoms with Gasteiger partial charge in [0.15, 0.2) is 0 Å². The Morgan fingerprint density at radius 3 is 2.79 bits per heavy atom. The van der Waals surface area contributed by atoms with Crippen molar-refractivity contribution in [2.75, 3.05) is 31.5 Å². The molecule has 1 saturated heterocycles. The van der Waals surface area contributed by atoms with Gasteiger partial charge in [-0.15, -0.1) is 0 Å². The fourth-order valence-corrected chi connectivity index (χ4v) is 3.89. The lowest BCUT2D eigenvalue weighted by Gasteiger charge is -2.17. The average molecular weight is 349 g/mol. The molecule has 1 aromatic heterocycles. The van der Waals surface area contributed by atoms with Crippen molar-refractivity contribution in [1.29, 1.82) is 0 Å². The topological polar surface area (TPSA) is 79.3 Å². The van der Waals surface area contributed by atoms with Gasteiger partial charge < -0.3 is 5.32 Å². The number of benzene rings is 1. The quantitative estimate of drug-likeness (QED) is 0.776. The van der Waals surface area contributed by atoms with E-state index in [2.05, 4.69) is 32.2 Å². The van der Waals surface area contributed by atoms with Gasteiger partial charge in [-0.25, -0.2) is 13.1 Å². The zero-order valence-electron chi connectivity index (χ0n) is 13.7. The van der Waals surface area contributed by atoms with E-state index in [4.69, 9.17) is 0 Å². The number of likely N-dealkylation sites (tertiary alicyclic amines) is 1. The molecule has 1 unspecified atom stereocenters. The molecule has 1 aromatic carbocycles. The van der Waals surface area contributed by atoms with E-state index in [1.54, 1.807) is 7.05 Å². The predicted octanol–water partition coefficient (Wildman–Crippen LogP) is 0.885. The maximum atomic E-state index is 12.1. The smallest absolute Gasteiger partial charge is 0.243 e. The molecule has 1 fully saturated rings. The van der Waals surface area contributed by atoms with Crippen molar-refractivity contribution in [2.24, 2.45) is 7.05 Å². The summed E-state index contributed by atoms with van der Waals surface area (Å²) in [5.41, 5.74) is 1.13. The van der Waals surface area contributed by atoms with Gasteiger partial charge in [-0.05, 0) is 18.6 Å². The lowest BCUT2D eigenvalue weighted by molar-refractivity contribution is 0.341. The Balaban J connectivity index is 1.43. The first kappa shape index (κ1) is 16.9. The molecule has 2 aromatic rings. The van der Waals surface area contributed by atoms with Gasteiger partial charge in [0, 0.05) is 51.2 Å². The number of anilines is 1. The third-order valence-electron chi connectivity index (χ3n) is 4.13. The van der Waals surface area contributed by atoms with E-state index in [0.29, 0.717) is 19.1 Å². The van der Waals surface area contributed by atoms with Crippen LogP contribution in [-0.2, 0) is 17.1 Å². The second kappa shape index (κ2) is 7.33. The second-order valence-corrected chi connectivity index (χ2v) is 7.81. The minimum atomic E-state index is -3.47. The minimum absolute atomic E-state index is 0.204. The van der Waals surface area contributed by atoms with Crippen molar-refractivity contribution in [3.8, 4) is 0 Å². The molecule has 0 bridgehead atoms. The molecule has 1 aliphatic heterocycles. The Bertz CT molecular complexity index is 760. The van der Waals surface area contributed by atoms with Crippen LogP contribution in [0.25, 0.3) is 0 Å². The molecule has 3 rings (SSSR count). The zero-order chi connectivity index (χ0) is 17.0. The summed E-state index contributed by atoms with van der Waals surface area (Å²) in [5, 5.41) is 7.41. The van der Waals surface area contributed by atoms with Gasteiger partial charge in [-0.2, -0.15) is 5.10 Å². The Kier molecular flexibility index (Phi) is 5.17. The predicted molar refractivity (Wildman–Crippen MR) is 93.3 cm³/mol. The lowest BCUT2D eigenvalue weighted by atomic mass is 10.2. The van der Waals surface area contributed by atoms with E-state index in [1.807, 2.05) is 18.2 Å². The van der Waals surface area contributed by atoms with E-state index in [0.717, 1.165) is 25.2 Å². The molecular weight excluding hydrogens is 326 g/mol. The molecule has 0 saturated carbocycles. The molecule has 1 atom stereocenters. The Morgan fingerprint density at radius 1 is 1.29 bits per heavy atom. The largest absolute Gasteiger partial charge is 0.381 e. The van der Waals surface area contributed by atoms with Crippen LogP contribution in [0.5, 0.6) is 0 Å². The summed E-state index contributed by atoms with van der Waals surface area (Å²) in [5.74, 6) is 0. The van der Waals surface area contributed by atoms with Crippen molar-refractivity contribution >= 4 is 15.7 Å². The van der Waals surface area contributed by atoms with Crippen LogP contribution in [-0.4, -0.2) is 55.3 Å². The normalized spacial score (nSPS) is 18.8. The van der Waals surface area contributed by atoms with Gasteiger partial charge in [-0.1, -0.05) is 18.2 Å². The summed E-state index contributed by atoms with van der Waals surface area (Å²) < 4.78 is 28.4. The van der Waals surface area contributed by atoms with Crippen LogP contribution >= 0.6 is 0 Å². The van der Waals surface area contributed by atoms with Gasteiger partial charge in [-0.3, -0.25) is 9.58 Å². The second-order valence-electron chi connectivity index (χ2n) is 6.04. The van der Waals surface area contributed by atoms with Gasteiger partial charge >= 0.3 is 0 Å². The molecule has 2 N–H and O–H groups in total. The average Bonchev–Trinajstić information content (AvgIpc) is 3.18. The van der Waals surface area contributed by atoms with Crippen molar-refractivity contribution in [2.45, 2.75) is 17.4 Å². The summed E-state index contributed by atoms with van der Waals surface area (Å²) in [6.07, 6.45) is 3.92. The summed E-state index contributed by atoms with van der Waals surface area (Å²) >= 11 is 0. The SMILES string of the molecule is Cn1cc(S(=O)(=O)NCCN2CCC(Nc3ccccc3)C2)cn1. The highest BCUT2D eigenvalue weighted by Crippen LogP contribution is 2.15. The van der Waals surface area contributed by atoms with Gasteiger partial charge in [0.05, 0.1) is 6.20 Å². The number of nitrogens with one attached hydrogen (secondary N) is 2.